The highest BCUT2D eigenvalue weighted by Gasteiger charge is 1.89. The van der Waals surface area contributed by atoms with Crippen LogP contribution in [-0.2, 0) is 4.79 Å². The lowest BCUT2D eigenvalue weighted by atomic mass is 10.1. The van der Waals surface area contributed by atoms with Gasteiger partial charge in [0.05, 0.1) is 0 Å². The van der Waals surface area contributed by atoms with Gasteiger partial charge in [-0.2, -0.15) is 0 Å². The van der Waals surface area contributed by atoms with E-state index >= 15 is 0 Å². The quantitative estimate of drug-likeness (QED) is 0.739. The van der Waals surface area contributed by atoms with E-state index in [1.807, 2.05) is 36.4 Å². The van der Waals surface area contributed by atoms with Crippen LogP contribution in [0.25, 0.3) is 6.08 Å². The molecule has 0 aromatic heterocycles. The van der Waals surface area contributed by atoms with Crippen LogP contribution in [0.5, 0.6) is 0 Å². The summed E-state index contributed by atoms with van der Waals surface area (Å²) in [5.41, 5.74) is 1.90. The maximum Gasteiger partial charge on any atom is 0.217 e. The van der Waals surface area contributed by atoms with Crippen molar-refractivity contribution >= 4 is 12.0 Å². The normalized spacial score (nSPS) is 9.87. The van der Waals surface area contributed by atoms with Gasteiger partial charge in [0, 0.05) is 19.0 Å². The molecule has 1 amide bonds. The van der Waals surface area contributed by atoms with Crippen molar-refractivity contribution < 1.29 is 4.79 Å². The molecule has 15 heavy (non-hydrogen) atoms. The lowest BCUT2D eigenvalue weighted by Gasteiger charge is -1.96. The number of terminal acetylenes is 1. The van der Waals surface area contributed by atoms with Crippen molar-refractivity contribution in [1.82, 2.24) is 5.32 Å². The predicted molar refractivity (Wildman–Crippen MR) is 62.1 cm³/mol. The molecule has 1 N–H and O–H groups in total. The minimum Gasteiger partial charge on any atom is -0.353 e. The molecule has 0 aliphatic carbocycles. The molecule has 0 unspecified atom stereocenters. The van der Waals surface area contributed by atoms with Crippen LogP contribution in [0.4, 0.5) is 0 Å². The second kappa shape index (κ2) is 5.66. The number of carbonyl (C=O) groups excluding carboxylic acids is 1. The van der Waals surface area contributed by atoms with Crippen molar-refractivity contribution in [2.75, 3.05) is 6.54 Å². The minimum absolute atomic E-state index is 0.0305. The van der Waals surface area contributed by atoms with Crippen LogP contribution in [0.1, 0.15) is 18.1 Å². The Kier molecular flexibility index (Phi) is 4.18. The van der Waals surface area contributed by atoms with Gasteiger partial charge in [0.2, 0.25) is 5.91 Å². The van der Waals surface area contributed by atoms with Crippen LogP contribution in [-0.4, -0.2) is 12.5 Å². The Morgan fingerprint density at radius 3 is 3.07 bits per heavy atom. The molecule has 0 aliphatic heterocycles. The van der Waals surface area contributed by atoms with Gasteiger partial charge in [0.1, 0.15) is 0 Å². The molecular weight excluding hydrogens is 186 g/mol. The van der Waals surface area contributed by atoms with E-state index in [0.29, 0.717) is 6.54 Å². The molecule has 2 nitrogen and oxygen atoms in total. The Labute approximate surface area is 90.0 Å². The lowest BCUT2D eigenvalue weighted by molar-refractivity contribution is -0.118. The van der Waals surface area contributed by atoms with E-state index in [0.717, 1.165) is 11.1 Å². The molecule has 0 bridgehead atoms. The molecule has 1 aromatic rings. The zero-order chi connectivity index (χ0) is 11.1. The SMILES string of the molecule is C#Cc1cccc(C=CCNC(C)=O)c1. The molecule has 2 heteroatoms. The summed E-state index contributed by atoms with van der Waals surface area (Å²) in [5.74, 6) is 2.54. The van der Waals surface area contributed by atoms with Gasteiger partial charge in [-0.25, -0.2) is 0 Å². The molecule has 0 fully saturated rings. The minimum atomic E-state index is -0.0305. The van der Waals surface area contributed by atoms with E-state index in [1.54, 1.807) is 0 Å². The summed E-state index contributed by atoms with van der Waals surface area (Å²) < 4.78 is 0. The maximum atomic E-state index is 10.6. The Morgan fingerprint density at radius 2 is 2.40 bits per heavy atom. The van der Waals surface area contributed by atoms with Gasteiger partial charge < -0.3 is 5.32 Å². The van der Waals surface area contributed by atoms with E-state index in [4.69, 9.17) is 6.42 Å². The van der Waals surface area contributed by atoms with E-state index in [9.17, 15) is 4.79 Å². The first-order valence-corrected chi connectivity index (χ1v) is 4.70. The van der Waals surface area contributed by atoms with Gasteiger partial charge in [-0.3, -0.25) is 4.79 Å². The molecule has 0 aliphatic rings. The number of hydrogen-bond acceptors (Lipinski definition) is 1. The van der Waals surface area contributed by atoms with Gasteiger partial charge in [0.15, 0.2) is 0 Å². The zero-order valence-electron chi connectivity index (χ0n) is 8.66. The van der Waals surface area contributed by atoms with Crippen molar-refractivity contribution in [3.8, 4) is 12.3 Å². The maximum absolute atomic E-state index is 10.6. The van der Waals surface area contributed by atoms with E-state index in [2.05, 4.69) is 11.2 Å². The van der Waals surface area contributed by atoms with Crippen molar-refractivity contribution in [2.45, 2.75) is 6.92 Å². The number of benzene rings is 1. The molecule has 0 saturated heterocycles. The Bertz CT molecular complexity index is 413. The zero-order valence-corrected chi connectivity index (χ0v) is 8.66. The van der Waals surface area contributed by atoms with Crippen molar-refractivity contribution in [2.24, 2.45) is 0 Å². The number of carbonyl (C=O) groups is 1. The number of hydrogen-bond donors (Lipinski definition) is 1. The average molecular weight is 199 g/mol. The van der Waals surface area contributed by atoms with Crippen molar-refractivity contribution in [3.63, 3.8) is 0 Å². The highest BCUT2D eigenvalue weighted by atomic mass is 16.1. The summed E-state index contributed by atoms with van der Waals surface area (Å²) in [4.78, 5) is 10.6. The van der Waals surface area contributed by atoms with Crippen LogP contribution in [0.3, 0.4) is 0 Å². The predicted octanol–water partition coefficient (Wildman–Crippen LogP) is 1.82. The summed E-state index contributed by atoms with van der Waals surface area (Å²) in [6, 6.07) is 7.67. The Balaban J connectivity index is 2.57. The first-order chi connectivity index (χ1) is 7.22. The van der Waals surface area contributed by atoms with E-state index < -0.39 is 0 Å². The van der Waals surface area contributed by atoms with Gasteiger partial charge >= 0.3 is 0 Å². The number of rotatable bonds is 3. The highest BCUT2D eigenvalue weighted by Crippen LogP contribution is 2.05. The summed E-state index contributed by atoms with van der Waals surface area (Å²) >= 11 is 0. The number of nitrogens with one attached hydrogen (secondary N) is 1. The summed E-state index contributed by atoms with van der Waals surface area (Å²) in [7, 11) is 0. The molecule has 0 spiro atoms. The molecule has 1 rings (SSSR count). The Morgan fingerprint density at radius 1 is 1.60 bits per heavy atom. The fourth-order valence-electron chi connectivity index (χ4n) is 1.13. The largest absolute Gasteiger partial charge is 0.353 e. The van der Waals surface area contributed by atoms with Gasteiger partial charge in [0.25, 0.3) is 0 Å². The monoisotopic (exact) mass is 199 g/mol. The van der Waals surface area contributed by atoms with Crippen molar-refractivity contribution in [3.05, 3.63) is 41.5 Å². The Hall–Kier alpha value is -2.01. The molecule has 0 radical (unpaired) electrons. The molecule has 0 heterocycles. The molecule has 1 aromatic carbocycles. The first-order valence-electron chi connectivity index (χ1n) is 4.70. The molecular formula is C13H13NO. The molecule has 0 saturated carbocycles. The third-order valence-corrected chi connectivity index (χ3v) is 1.83. The summed E-state index contributed by atoms with van der Waals surface area (Å²) in [5, 5.41) is 2.68. The first kappa shape index (κ1) is 11.1. The van der Waals surface area contributed by atoms with Gasteiger partial charge in [-0.1, -0.05) is 30.2 Å². The van der Waals surface area contributed by atoms with Crippen LogP contribution in [0, 0.1) is 12.3 Å². The fourth-order valence-corrected chi connectivity index (χ4v) is 1.13. The second-order valence-electron chi connectivity index (χ2n) is 3.11. The fraction of sp³-hybridized carbons (Fsp3) is 0.154. The lowest BCUT2D eigenvalue weighted by Crippen LogP contribution is -2.19. The highest BCUT2D eigenvalue weighted by molar-refractivity contribution is 5.73. The average Bonchev–Trinajstić information content (AvgIpc) is 2.24. The van der Waals surface area contributed by atoms with Crippen molar-refractivity contribution in [1.29, 1.82) is 0 Å². The summed E-state index contributed by atoms with van der Waals surface area (Å²) in [6.07, 6.45) is 9.10. The third kappa shape index (κ3) is 4.15. The summed E-state index contributed by atoms with van der Waals surface area (Å²) in [6.45, 7) is 2.03. The smallest absolute Gasteiger partial charge is 0.217 e. The van der Waals surface area contributed by atoms with Crippen LogP contribution in [0.15, 0.2) is 30.3 Å². The molecule has 76 valence electrons. The van der Waals surface area contributed by atoms with Crippen LogP contribution >= 0.6 is 0 Å². The van der Waals surface area contributed by atoms with Gasteiger partial charge in [-0.15, -0.1) is 6.42 Å². The standard InChI is InChI=1S/C13H13NO/c1-3-12-6-4-7-13(10-12)8-5-9-14-11(2)15/h1,4-8,10H,9H2,2H3,(H,14,15). The van der Waals surface area contributed by atoms with Crippen LogP contribution < -0.4 is 5.32 Å². The third-order valence-electron chi connectivity index (χ3n) is 1.83. The second-order valence-corrected chi connectivity index (χ2v) is 3.11. The van der Waals surface area contributed by atoms with Gasteiger partial charge in [-0.05, 0) is 17.7 Å². The van der Waals surface area contributed by atoms with E-state index in [-0.39, 0.29) is 5.91 Å². The number of amides is 1. The van der Waals surface area contributed by atoms with E-state index in [1.165, 1.54) is 6.92 Å². The topological polar surface area (TPSA) is 29.1 Å². The van der Waals surface area contributed by atoms with Crippen LogP contribution in [0.2, 0.25) is 0 Å². The molecule has 0 atom stereocenters.